The third-order valence-electron chi connectivity index (χ3n) is 3.13. The highest BCUT2D eigenvalue weighted by molar-refractivity contribution is 9.10. The molecular weight excluding hydrogens is 305 g/mol. The summed E-state index contributed by atoms with van der Waals surface area (Å²) >= 11 is 3.38. The summed E-state index contributed by atoms with van der Waals surface area (Å²) in [4.78, 5) is 0. The number of aryl methyl sites for hydroxylation is 2. The Labute approximate surface area is 121 Å². The van der Waals surface area contributed by atoms with Crippen molar-refractivity contribution in [2.75, 3.05) is 0 Å². The first kappa shape index (κ1) is 14.2. The van der Waals surface area contributed by atoms with Crippen LogP contribution in [0.1, 0.15) is 28.3 Å². The second-order valence-corrected chi connectivity index (χ2v) is 5.82. The van der Waals surface area contributed by atoms with Gasteiger partial charge in [-0.1, -0.05) is 51.3 Å². The molecule has 0 aliphatic carbocycles. The number of nitrogens with two attached hydrogens (primary N) is 1. The second-order valence-electron chi connectivity index (χ2n) is 4.97. The Morgan fingerprint density at radius 3 is 2.32 bits per heavy atom. The van der Waals surface area contributed by atoms with Gasteiger partial charge in [0.2, 0.25) is 0 Å². The van der Waals surface area contributed by atoms with E-state index < -0.39 is 0 Å². The third-order valence-corrected chi connectivity index (χ3v) is 3.87. The summed E-state index contributed by atoms with van der Waals surface area (Å²) in [6.07, 6.45) is 0.684. The Kier molecular flexibility index (Phi) is 4.38. The van der Waals surface area contributed by atoms with Crippen LogP contribution < -0.4 is 5.73 Å². The Hall–Kier alpha value is -1.19. The first-order valence-electron chi connectivity index (χ1n) is 6.23. The van der Waals surface area contributed by atoms with E-state index in [0.717, 1.165) is 15.6 Å². The average Bonchev–Trinajstić information content (AvgIpc) is 2.31. The molecule has 2 N–H and O–H groups in total. The molecule has 2 aromatic rings. The maximum atomic E-state index is 13.1. The topological polar surface area (TPSA) is 26.0 Å². The number of rotatable bonds is 3. The van der Waals surface area contributed by atoms with E-state index in [1.807, 2.05) is 0 Å². The Balaban J connectivity index is 2.22. The summed E-state index contributed by atoms with van der Waals surface area (Å²) in [6, 6.07) is 11.0. The molecule has 0 aliphatic heterocycles. The average molecular weight is 322 g/mol. The molecule has 2 aromatic carbocycles. The Morgan fingerprint density at radius 2 is 1.74 bits per heavy atom. The van der Waals surface area contributed by atoms with E-state index in [2.05, 4.69) is 48.0 Å². The van der Waals surface area contributed by atoms with E-state index in [4.69, 9.17) is 5.73 Å². The van der Waals surface area contributed by atoms with Crippen molar-refractivity contribution in [3.05, 3.63) is 68.9 Å². The van der Waals surface area contributed by atoms with Gasteiger partial charge in [-0.25, -0.2) is 4.39 Å². The molecule has 100 valence electrons. The zero-order chi connectivity index (χ0) is 14.0. The molecule has 0 aromatic heterocycles. The van der Waals surface area contributed by atoms with Gasteiger partial charge >= 0.3 is 0 Å². The van der Waals surface area contributed by atoms with Crippen molar-refractivity contribution in [2.45, 2.75) is 26.3 Å². The van der Waals surface area contributed by atoms with Gasteiger partial charge < -0.3 is 5.73 Å². The molecular formula is C16H17BrFN. The molecule has 0 aliphatic rings. The van der Waals surface area contributed by atoms with Gasteiger partial charge in [-0.05, 0) is 43.5 Å². The van der Waals surface area contributed by atoms with Crippen molar-refractivity contribution >= 4 is 15.9 Å². The van der Waals surface area contributed by atoms with Crippen molar-refractivity contribution in [1.82, 2.24) is 0 Å². The van der Waals surface area contributed by atoms with E-state index in [9.17, 15) is 4.39 Å². The van der Waals surface area contributed by atoms with Crippen LogP contribution in [-0.2, 0) is 6.42 Å². The maximum Gasteiger partial charge on any atom is 0.124 e. The summed E-state index contributed by atoms with van der Waals surface area (Å²) in [7, 11) is 0. The van der Waals surface area contributed by atoms with Crippen LogP contribution in [0.2, 0.25) is 0 Å². The molecule has 1 nitrogen and oxygen atoms in total. The monoisotopic (exact) mass is 321 g/mol. The van der Waals surface area contributed by atoms with Crippen molar-refractivity contribution in [3.8, 4) is 0 Å². The first-order valence-corrected chi connectivity index (χ1v) is 7.02. The van der Waals surface area contributed by atoms with E-state index in [-0.39, 0.29) is 11.9 Å². The lowest BCUT2D eigenvalue weighted by molar-refractivity contribution is 0.624. The van der Waals surface area contributed by atoms with Crippen molar-refractivity contribution in [3.63, 3.8) is 0 Å². The number of benzene rings is 2. The third kappa shape index (κ3) is 3.64. The summed E-state index contributed by atoms with van der Waals surface area (Å²) < 4.78 is 13.8. The van der Waals surface area contributed by atoms with Gasteiger partial charge in [0, 0.05) is 10.5 Å². The highest BCUT2D eigenvalue weighted by Gasteiger charge is 2.10. The summed E-state index contributed by atoms with van der Waals surface area (Å²) in [5.41, 5.74) is 10.8. The Bertz CT molecular complexity index is 575. The van der Waals surface area contributed by atoms with Gasteiger partial charge in [0.05, 0.1) is 0 Å². The SMILES string of the molecule is Cc1cc(C)cc(C(N)Cc2ccc(F)cc2Br)c1. The molecule has 0 saturated heterocycles. The normalized spacial score (nSPS) is 12.5. The minimum absolute atomic E-state index is 0.0830. The predicted molar refractivity (Wildman–Crippen MR) is 80.6 cm³/mol. The highest BCUT2D eigenvalue weighted by atomic mass is 79.9. The lowest BCUT2D eigenvalue weighted by Crippen LogP contribution is -2.14. The van der Waals surface area contributed by atoms with Crippen LogP contribution in [0.3, 0.4) is 0 Å². The molecule has 0 spiro atoms. The van der Waals surface area contributed by atoms with Gasteiger partial charge in [-0.3, -0.25) is 0 Å². The lowest BCUT2D eigenvalue weighted by atomic mass is 9.97. The van der Waals surface area contributed by atoms with E-state index in [1.54, 1.807) is 6.07 Å². The van der Waals surface area contributed by atoms with Gasteiger partial charge in [-0.2, -0.15) is 0 Å². The summed E-state index contributed by atoms with van der Waals surface area (Å²) in [6.45, 7) is 4.13. The van der Waals surface area contributed by atoms with Crippen LogP contribution in [-0.4, -0.2) is 0 Å². The predicted octanol–water partition coefficient (Wildman–Crippen LogP) is 4.45. The molecule has 0 radical (unpaired) electrons. The Morgan fingerprint density at radius 1 is 1.11 bits per heavy atom. The largest absolute Gasteiger partial charge is 0.324 e. The van der Waals surface area contributed by atoms with E-state index in [0.29, 0.717) is 6.42 Å². The highest BCUT2D eigenvalue weighted by Crippen LogP contribution is 2.24. The first-order chi connectivity index (χ1) is 8.95. The zero-order valence-electron chi connectivity index (χ0n) is 11.1. The van der Waals surface area contributed by atoms with Gasteiger partial charge in [0.1, 0.15) is 5.82 Å². The van der Waals surface area contributed by atoms with Crippen LogP contribution in [0, 0.1) is 19.7 Å². The van der Waals surface area contributed by atoms with Gasteiger partial charge in [0.15, 0.2) is 0 Å². The molecule has 0 bridgehead atoms. The smallest absolute Gasteiger partial charge is 0.124 e. The van der Waals surface area contributed by atoms with E-state index >= 15 is 0 Å². The van der Waals surface area contributed by atoms with Crippen molar-refractivity contribution in [2.24, 2.45) is 5.73 Å². The fourth-order valence-corrected chi connectivity index (χ4v) is 2.78. The lowest BCUT2D eigenvalue weighted by Gasteiger charge is -2.15. The minimum Gasteiger partial charge on any atom is -0.324 e. The summed E-state index contributed by atoms with van der Waals surface area (Å²) in [5, 5.41) is 0. The summed E-state index contributed by atoms with van der Waals surface area (Å²) in [5.74, 6) is -0.240. The zero-order valence-corrected chi connectivity index (χ0v) is 12.7. The molecule has 19 heavy (non-hydrogen) atoms. The number of halogens is 2. The van der Waals surface area contributed by atoms with Crippen molar-refractivity contribution in [1.29, 1.82) is 0 Å². The maximum absolute atomic E-state index is 13.1. The van der Waals surface area contributed by atoms with Crippen LogP contribution in [0.5, 0.6) is 0 Å². The van der Waals surface area contributed by atoms with Crippen LogP contribution in [0.25, 0.3) is 0 Å². The second kappa shape index (κ2) is 5.85. The number of hydrogen-bond donors (Lipinski definition) is 1. The van der Waals surface area contributed by atoms with Crippen molar-refractivity contribution < 1.29 is 4.39 Å². The molecule has 1 atom stereocenters. The molecule has 0 fully saturated rings. The standard InChI is InChI=1S/C16H17BrFN/c1-10-5-11(2)7-13(6-10)16(19)8-12-3-4-14(18)9-15(12)17/h3-7,9,16H,8,19H2,1-2H3. The van der Waals surface area contributed by atoms with Gasteiger partial charge in [0.25, 0.3) is 0 Å². The fraction of sp³-hybridized carbons (Fsp3) is 0.250. The molecule has 0 amide bonds. The minimum atomic E-state index is -0.240. The molecule has 3 heteroatoms. The molecule has 0 heterocycles. The molecule has 2 rings (SSSR count). The molecule has 0 saturated carbocycles. The van der Waals surface area contributed by atoms with E-state index in [1.165, 1.54) is 23.3 Å². The fourth-order valence-electron chi connectivity index (χ4n) is 2.27. The van der Waals surface area contributed by atoms with Crippen LogP contribution in [0.4, 0.5) is 4.39 Å². The number of hydrogen-bond acceptors (Lipinski definition) is 1. The quantitative estimate of drug-likeness (QED) is 0.888. The van der Waals surface area contributed by atoms with Crippen LogP contribution >= 0.6 is 15.9 Å². The van der Waals surface area contributed by atoms with Crippen LogP contribution in [0.15, 0.2) is 40.9 Å². The molecule has 1 unspecified atom stereocenters. The van der Waals surface area contributed by atoms with Gasteiger partial charge in [-0.15, -0.1) is 0 Å².